The van der Waals surface area contributed by atoms with E-state index in [0.717, 1.165) is 37.4 Å². The van der Waals surface area contributed by atoms with Crippen molar-refractivity contribution in [2.75, 3.05) is 19.7 Å². The molecule has 2 aromatic rings. The summed E-state index contributed by atoms with van der Waals surface area (Å²) in [7, 11) is 0. The number of nitrogens with one attached hydrogen (secondary N) is 1. The van der Waals surface area contributed by atoms with Crippen LogP contribution >= 0.6 is 0 Å². The van der Waals surface area contributed by atoms with Crippen molar-refractivity contribution in [1.82, 2.24) is 15.1 Å². The molecule has 0 spiro atoms. The van der Waals surface area contributed by atoms with Crippen molar-refractivity contribution < 1.29 is 9.53 Å². The Balaban J connectivity index is 1.68. The molecule has 1 aromatic heterocycles. The molecule has 1 aliphatic heterocycles. The molecule has 5 heteroatoms. The van der Waals surface area contributed by atoms with Crippen LogP contribution in [0.3, 0.4) is 0 Å². The molecule has 1 aromatic carbocycles. The summed E-state index contributed by atoms with van der Waals surface area (Å²) in [6.07, 6.45) is 3.88. The average Bonchev–Trinajstić information content (AvgIpc) is 3.10. The topological polar surface area (TPSA) is 58.2 Å². The van der Waals surface area contributed by atoms with Gasteiger partial charge < -0.3 is 9.64 Å². The smallest absolute Gasteiger partial charge is 0.253 e. The fourth-order valence-electron chi connectivity index (χ4n) is 2.95. The number of nitrogens with zero attached hydrogens (tertiary/aromatic N) is 2. The summed E-state index contributed by atoms with van der Waals surface area (Å²) < 4.78 is 5.42. The van der Waals surface area contributed by atoms with Gasteiger partial charge in [0.1, 0.15) is 5.75 Å². The summed E-state index contributed by atoms with van der Waals surface area (Å²) in [6, 6.07) is 9.38. The second-order valence-corrected chi connectivity index (χ2v) is 5.56. The number of piperidine rings is 1. The van der Waals surface area contributed by atoms with E-state index in [9.17, 15) is 4.79 Å². The molecule has 0 bridgehead atoms. The van der Waals surface area contributed by atoms with Crippen molar-refractivity contribution in [1.29, 1.82) is 0 Å². The van der Waals surface area contributed by atoms with Gasteiger partial charge in [0.25, 0.3) is 5.91 Å². The Hall–Kier alpha value is -2.30. The Morgan fingerprint density at radius 3 is 2.86 bits per heavy atom. The minimum Gasteiger partial charge on any atom is -0.494 e. The molecule has 22 heavy (non-hydrogen) atoms. The highest BCUT2D eigenvalue weighted by atomic mass is 16.5. The summed E-state index contributed by atoms with van der Waals surface area (Å²) in [5.74, 6) is 1.24. The van der Waals surface area contributed by atoms with E-state index >= 15 is 0 Å². The Bertz CT molecular complexity index is 607. The van der Waals surface area contributed by atoms with E-state index < -0.39 is 0 Å². The molecule has 2 heterocycles. The second kappa shape index (κ2) is 6.64. The van der Waals surface area contributed by atoms with E-state index in [1.807, 2.05) is 42.2 Å². The van der Waals surface area contributed by atoms with E-state index in [1.54, 1.807) is 6.20 Å². The maximum atomic E-state index is 12.6. The number of carbonyl (C=O) groups is 1. The number of hydrogen-bond donors (Lipinski definition) is 1. The fourth-order valence-corrected chi connectivity index (χ4v) is 2.95. The maximum Gasteiger partial charge on any atom is 0.253 e. The fraction of sp³-hybridized carbons (Fsp3) is 0.412. The Kier molecular flexibility index (Phi) is 4.42. The lowest BCUT2D eigenvalue weighted by atomic mass is 9.94. The van der Waals surface area contributed by atoms with Crippen LogP contribution in [0.25, 0.3) is 0 Å². The van der Waals surface area contributed by atoms with Gasteiger partial charge in [0.2, 0.25) is 0 Å². The van der Waals surface area contributed by atoms with Crippen molar-refractivity contribution >= 4 is 5.91 Å². The molecule has 1 saturated heterocycles. The first-order valence-electron chi connectivity index (χ1n) is 7.79. The minimum atomic E-state index is 0.0901. The van der Waals surface area contributed by atoms with Gasteiger partial charge >= 0.3 is 0 Å². The lowest BCUT2D eigenvalue weighted by molar-refractivity contribution is 0.0706. The van der Waals surface area contributed by atoms with Gasteiger partial charge in [-0.05, 0) is 50.1 Å². The highest BCUT2D eigenvalue weighted by Crippen LogP contribution is 2.26. The summed E-state index contributed by atoms with van der Waals surface area (Å²) in [5, 5.41) is 7.03. The van der Waals surface area contributed by atoms with E-state index in [-0.39, 0.29) is 5.91 Å². The second-order valence-electron chi connectivity index (χ2n) is 5.56. The number of aromatic amines is 1. The zero-order valence-electron chi connectivity index (χ0n) is 12.8. The molecule has 0 radical (unpaired) electrons. The van der Waals surface area contributed by atoms with E-state index in [0.29, 0.717) is 18.1 Å². The number of benzene rings is 1. The highest BCUT2D eigenvalue weighted by molar-refractivity contribution is 5.94. The number of carbonyl (C=O) groups excluding carboxylic acids is 1. The van der Waals surface area contributed by atoms with Gasteiger partial charge in [-0.25, -0.2) is 0 Å². The Labute approximate surface area is 130 Å². The van der Waals surface area contributed by atoms with Crippen LogP contribution in [0.4, 0.5) is 0 Å². The molecule has 1 N–H and O–H groups in total. The standard InChI is InChI=1S/C17H21N3O2/c1-2-22-15-7-5-13(6-8-15)17(21)20-11-3-4-14(12-20)16-9-10-18-19-16/h5-10,14H,2-4,11-12H2,1H3,(H,18,19)/t14-/m1/s1. The number of rotatable bonds is 4. The van der Waals surface area contributed by atoms with Crippen molar-refractivity contribution in [2.24, 2.45) is 0 Å². The van der Waals surface area contributed by atoms with Crippen LogP contribution in [0.5, 0.6) is 5.75 Å². The Morgan fingerprint density at radius 1 is 1.36 bits per heavy atom. The van der Waals surface area contributed by atoms with Crippen LogP contribution in [0, 0.1) is 0 Å². The number of aromatic nitrogens is 2. The van der Waals surface area contributed by atoms with Gasteiger partial charge in [0.05, 0.1) is 6.61 Å². The number of H-pyrrole nitrogens is 1. The average molecular weight is 299 g/mol. The first kappa shape index (κ1) is 14.6. The maximum absolute atomic E-state index is 12.6. The highest BCUT2D eigenvalue weighted by Gasteiger charge is 2.26. The van der Waals surface area contributed by atoms with Crippen LogP contribution in [0.15, 0.2) is 36.5 Å². The van der Waals surface area contributed by atoms with Crippen molar-refractivity contribution in [3.05, 3.63) is 47.8 Å². The minimum absolute atomic E-state index is 0.0901. The van der Waals surface area contributed by atoms with Crippen LogP contribution < -0.4 is 4.74 Å². The zero-order chi connectivity index (χ0) is 15.4. The largest absolute Gasteiger partial charge is 0.494 e. The number of amides is 1. The molecule has 0 aliphatic carbocycles. The van der Waals surface area contributed by atoms with E-state index in [4.69, 9.17) is 4.74 Å². The molecule has 1 aliphatic rings. The van der Waals surface area contributed by atoms with E-state index in [2.05, 4.69) is 10.2 Å². The lowest BCUT2D eigenvalue weighted by Crippen LogP contribution is -2.39. The van der Waals surface area contributed by atoms with Gasteiger partial charge in [-0.1, -0.05) is 0 Å². The molecule has 1 amide bonds. The zero-order valence-corrected chi connectivity index (χ0v) is 12.8. The van der Waals surface area contributed by atoms with Crippen LogP contribution in [0.2, 0.25) is 0 Å². The summed E-state index contributed by atoms with van der Waals surface area (Å²) >= 11 is 0. The lowest BCUT2D eigenvalue weighted by Gasteiger charge is -2.32. The third kappa shape index (κ3) is 3.13. The monoisotopic (exact) mass is 299 g/mol. The van der Waals surface area contributed by atoms with E-state index in [1.165, 1.54) is 0 Å². The normalized spacial score (nSPS) is 18.2. The third-order valence-electron chi connectivity index (χ3n) is 4.08. The quantitative estimate of drug-likeness (QED) is 0.944. The van der Waals surface area contributed by atoms with Gasteiger partial charge in [0, 0.05) is 36.5 Å². The molecular formula is C17H21N3O2. The first-order valence-corrected chi connectivity index (χ1v) is 7.79. The van der Waals surface area contributed by atoms with Crippen molar-refractivity contribution in [3.8, 4) is 5.75 Å². The predicted molar refractivity (Wildman–Crippen MR) is 84.1 cm³/mol. The molecule has 5 nitrogen and oxygen atoms in total. The molecule has 0 saturated carbocycles. The number of likely N-dealkylation sites (tertiary alicyclic amines) is 1. The van der Waals surface area contributed by atoms with Crippen LogP contribution in [0.1, 0.15) is 41.7 Å². The molecule has 116 valence electrons. The van der Waals surface area contributed by atoms with Crippen LogP contribution in [-0.4, -0.2) is 40.7 Å². The molecule has 0 unspecified atom stereocenters. The van der Waals surface area contributed by atoms with Gasteiger partial charge in [-0.2, -0.15) is 5.10 Å². The van der Waals surface area contributed by atoms with Gasteiger partial charge in [-0.15, -0.1) is 0 Å². The van der Waals surface area contributed by atoms with Crippen molar-refractivity contribution in [3.63, 3.8) is 0 Å². The number of ether oxygens (including phenoxy) is 1. The Morgan fingerprint density at radius 2 is 2.18 bits per heavy atom. The molecule has 1 fully saturated rings. The van der Waals surface area contributed by atoms with Crippen LogP contribution in [-0.2, 0) is 0 Å². The molecular weight excluding hydrogens is 278 g/mol. The SMILES string of the molecule is CCOc1ccc(C(=O)N2CCC[C@@H](c3ccn[nH]3)C2)cc1. The van der Waals surface area contributed by atoms with Gasteiger partial charge in [-0.3, -0.25) is 9.89 Å². The first-order chi connectivity index (χ1) is 10.8. The summed E-state index contributed by atoms with van der Waals surface area (Å²) in [4.78, 5) is 14.6. The summed E-state index contributed by atoms with van der Waals surface area (Å²) in [6.45, 7) is 4.14. The van der Waals surface area contributed by atoms with Crippen molar-refractivity contribution in [2.45, 2.75) is 25.7 Å². The third-order valence-corrected chi connectivity index (χ3v) is 4.08. The predicted octanol–water partition coefficient (Wildman–Crippen LogP) is 2.83. The molecule has 1 atom stereocenters. The number of hydrogen-bond acceptors (Lipinski definition) is 3. The van der Waals surface area contributed by atoms with Gasteiger partial charge in [0.15, 0.2) is 0 Å². The summed E-state index contributed by atoms with van der Waals surface area (Å²) in [5.41, 5.74) is 1.83. The molecule has 3 rings (SSSR count).